The van der Waals surface area contributed by atoms with E-state index in [-0.39, 0.29) is 16.8 Å². The van der Waals surface area contributed by atoms with Gasteiger partial charge in [0.2, 0.25) is 10.0 Å². The van der Waals surface area contributed by atoms with Crippen molar-refractivity contribution in [1.29, 1.82) is 0 Å². The molecule has 1 saturated heterocycles. The van der Waals surface area contributed by atoms with Gasteiger partial charge in [-0.15, -0.1) is 0 Å². The van der Waals surface area contributed by atoms with Gasteiger partial charge in [-0.25, -0.2) is 8.42 Å². The highest BCUT2D eigenvalue weighted by atomic mass is 32.2. The number of hydrogen-bond acceptors (Lipinski definition) is 4. The first-order valence-electron chi connectivity index (χ1n) is 10.4. The Balaban J connectivity index is 1.79. The van der Waals surface area contributed by atoms with Crippen LogP contribution in [0.4, 0.5) is 0 Å². The van der Waals surface area contributed by atoms with Crippen LogP contribution in [0.1, 0.15) is 60.1 Å². The Morgan fingerprint density at radius 3 is 2.50 bits per heavy atom. The number of nitrogens with one attached hydrogen (secondary N) is 1. The third-order valence-corrected chi connectivity index (χ3v) is 7.48. The van der Waals surface area contributed by atoms with Gasteiger partial charge < -0.3 is 10.1 Å². The third-order valence-electron chi connectivity index (χ3n) is 5.58. The molecule has 1 aliphatic rings. The van der Waals surface area contributed by atoms with Gasteiger partial charge in [0, 0.05) is 18.7 Å². The summed E-state index contributed by atoms with van der Waals surface area (Å²) in [5, 5.41) is 3.03. The first-order valence-corrected chi connectivity index (χ1v) is 11.9. The third kappa shape index (κ3) is 4.84. The Hall–Kier alpha value is -2.38. The highest BCUT2D eigenvalue weighted by Gasteiger charge is 2.26. The molecule has 30 heavy (non-hydrogen) atoms. The van der Waals surface area contributed by atoms with Gasteiger partial charge in [0.25, 0.3) is 5.91 Å². The number of hydrogen-bond donors (Lipinski definition) is 1. The second-order valence-corrected chi connectivity index (χ2v) is 9.59. The van der Waals surface area contributed by atoms with E-state index in [2.05, 4.69) is 5.32 Å². The number of amides is 1. The molecule has 7 heteroatoms. The summed E-state index contributed by atoms with van der Waals surface area (Å²) in [6, 6.07) is 12.0. The minimum Gasteiger partial charge on any atom is -0.496 e. The molecule has 2 aromatic rings. The molecule has 1 fully saturated rings. The van der Waals surface area contributed by atoms with E-state index >= 15 is 0 Å². The van der Waals surface area contributed by atoms with Crippen LogP contribution in [0.5, 0.6) is 5.75 Å². The van der Waals surface area contributed by atoms with Crippen LogP contribution in [-0.2, 0) is 10.0 Å². The van der Waals surface area contributed by atoms with Crippen LogP contribution < -0.4 is 10.1 Å². The molecule has 6 nitrogen and oxygen atoms in total. The number of ether oxygens (including phenoxy) is 1. The minimum absolute atomic E-state index is 0.172. The maximum atomic E-state index is 12.9. The lowest BCUT2D eigenvalue weighted by molar-refractivity contribution is 0.0935. The van der Waals surface area contributed by atoms with E-state index in [0.717, 1.165) is 36.1 Å². The lowest BCUT2D eigenvalue weighted by atomic mass is 10.0. The fourth-order valence-electron chi connectivity index (χ4n) is 3.83. The van der Waals surface area contributed by atoms with Gasteiger partial charge in [-0.1, -0.05) is 31.5 Å². The number of methoxy groups -OCH3 is 1. The lowest BCUT2D eigenvalue weighted by Gasteiger charge is -2.26. The summed E-state index contributed by atoms with van der Waals surface area (Å²) in [7, 11) is -1.95. The molecule has 0 radical (unpaired) electrons. The van der Waals surface area contributed by atoms with Crippen LogP contribution in [0.25, 0.3) is 0 Å². The predicted molar refractivity (Wildman–Crippen MR) is 117 cm³/mol. The Morgan fingerprint density at radius 1 is 1.13 bits per heavy atom. The van der Waals surface area contributed by atoms with Crippen molar-refractivity contribution in [3.8, 4) is 5.75 Å². The summed E-state index contributed by atoms with van der Waals surface area (Å²) in [6.45, 7) is 5.04. The average Bonchev–Trinajstić information content (AvgIpc) is 2.78. The molecule has 3 rings (SSSR count). The Kier molecular flexibility index (Phi) is 7.15. The van der Waals surface area contributed by atoms with Crippen molar-refractivity contribution >= 4 is 15.9 Å². The maximum absolute atomic E-state index is 12.9. The summed E-state index contributed by atoms with van der Waals surface area (Å²) >= 11 is 0. The van der Waals surface area contributed by atoms with Crippen molar-refractivity contribution in [2.75, 3.05) is 20.2 Å². The smallest absolute Gasteiger partial charge is 0.251 e. The molecule has 1 atom stereocenters. The van der Waals surface area contributed by atoms with E-state index in [1.807, 2.05) is 32.0 Å². The largest absolute Gasteiger partial charge is 0.496 e. The number of rotatable bonds is 7. The van der Waals surface area contributed by atoms with Crippen LogP contribution in [0.2, 0.25) is 0 Å². The molecule has 0 saturated carbocycles. The van der Waals surface area contributed by atoms with Crippen molar-refractivity contribution in [2.24, 2.45) is 0 Å². The number of sulfonamides is 1. The summed E-state index contributed by atoms with van der Waals surface area (Å²) in [5.41, 5.74) is 2.33. The van der Waals surface area contributed by atoms with Crippen molar-refractivity contribution in [2.45, 2.75) is 50.5 Å². The van der Waals surface area contributed by atoms with Crippen LogP contribution >= 0.6 is 0 Å². The lowest BCUT2D eigenvalue weighted by Crippen LogP contribution is -2.35. The molecular formula is C23H30N2O4S. The Morgan fingerprint density at radius 2 is 1.87 bits per heavy atom. The number of carbonyl (C=O) groups excluding carboxylic acids is 1. The minimum atomic E-state index is -3.58. The second-order valence-electron chi connectivity index (χ2n) is 7.66. The average molecular weight is 431 g/mol. The fourth-order valence-corrected chi connectivity index (χ4v) is 5.40. The number of benzene rings is 2. The SMILES string of the molecule is CC[C@H](NC(=O)c1cccc(S(=O)(=O)N2CCCCC2)c1)c1ccc(OC)c(C)c1. The summed E-state index contributed by atoms with van der Waals surface area (Å²) < 4.78 is 32.7. The quantitative estimate of drug-likeness (QED) is 0.719. The van der Waals surface area contributed by atoms with Gasteiger partial charge in [-0.2, -0.15) is 4.31 Å². The van der Waals surface area contributed by atoms with E-state index in [1.165, 1.54) is 10.4 Å². The fraction of sp³-hybridized carbons (Fsp3) is 0.435. The predicted octanol–water partition coefficient (Wildman–Crippen LogP) is 4.06. The van der Waals surface area contributed by atoms with E-state index < -0.39 is 10.0 Å². The zero-order valence-electron chi connectivity index (χ0n) is 17.8. The van der Waals surface area contributed by atoms with Crippen molar-refractivity contribution in [1.82, 2.24) is 9.62 Å². The Bertz CT molecular complexity index is 998. The standard InChI is InChI=1S/C23H30N2O4S/c1-4-21(18-11-12-22(29-3)17(2)15-18)24-23(26)19-9-8-10-20(16-19)30(27,28)25-13-6-5-7-14-25/h8-12,15-16,21H,4-7,13-14H2,1-3H3,(H,24,26)/t21-/m0/s1. The maximum Gasteiger partial charge on any atom is 0.251 e. The number of piperidine rings is 1. The molecule has 0 unspecified atom stereocenters. The highest BCUT2D eigenvalue weighted by Crippen LogP contribution is 2.25. The normalized spacial score (nSPS) is 16.1. The molecule has 0 spiro atoms. The topological polar surface area (TPSA) is 75.7 Å². The van der Waals surface area contributed by atoms with Gasteiger partial charge in [-0.3, -0.25) is 4.79 Å². The molecule has 1 heterocycles. The van der Waals surface area contributed by atoms with E-state index in [4.69, 9.17) is 4.74 Å². The number of aryl methyl sites for hydroxylation is 1. The van der Waals surface area contributed by atoms with Crippen LogP contribution in [-0.4, -0.2) is 38.8 Å². The zero-order chi connectivity index (χ0) is 21.7. The van der Waals surface area contributed by atoms with E-state index in [1.54, 1.807) is 25.3 Å². The van der Waals surface area contributed by atoms with Crippen molar-refractivity contribution in [3.63, 3.8) is 0 Å². The highest BCUT2D eigenvalue weighted by molar-refractivity contribution is 7.89. The van der Waals surface area contributed by atoms with E-state index in [0.29, 0.717) is 25.1 Å². The molecule has 1 aliphatic heterocycles. The molecule has 0 aromatic heterocycles. The van der Waals surface area contributed by atoms with Crippen molar-refractivity contribution < 1.29 is 17.9 Å². The molecule has 0 bridgehead atoms. The summed E-state index contributed by atoms with van der Waals surface area (Å²) in [4.78, 5) is 13.1. The number of nitrogens with zero attached hydrogens (tertiary/aromatic N) is 1. The van der Waals surface area contributed by atoms with E-state index in [9.17, 15) is 13.2 Å². The monoisotopic (exact) mass is 430 g/mol. The zero-order valence-corrected chi connectivity index (χ0v) is 18.7. The number of carbonyl (C=O) groups is 1. The van der Waals surface area contributed by atoms with Gasteiger partial charge in [-0.05, 0) is 61.6 Å². The van der Waals surface area contributed by atoms with Crippen molar-refractivity contribution in [3.05, 3.63) is 59.2 Å². The van der Waals surface area contributed by atoms with Gasteiger partial charge in [0.1, 0.15) is 5.75 Å². The Labute approximate surface area is 179 Å². The second kappa shape index (κ2) is 9.62. The van der Waals surface area contributed by atoms with Crippen LogP contribution in [0, 0.1) is 6.92 Å². The molecule has 1 amide bonds. The molecule has 162 valence electrons. The van der Waals surface area contributed by atoms with Crippen LogP contribution in [0.3, 0.4) is 0 Å². The molecular weight excluding hydrogens is 400 g/mol. The molecule has 1 N–H and O–H groups in total. The first-order chi connectivity index (χ1) is 14.4. The van der Waals surface area contributed by atoms with Gasteiger partial charge in [0.15, 0.2) is 0 Å². The summed E-state index contributed by atoms with van der Waals surface area (Å²) in [5.74, 6) is 0.515. The molecule has 0 aliphatic carbocycles. The first kappa shape index (κ1) is 22.3. The van der Waals surface area contributed by atoms with Crippen LogP contribution in [0.15, 0.2) is 47.4 Å². The summed E-state index contributed by atoms with van der Waals surface area (Å²) in [6.07, 6.45) is 3.51. The molecule has 2 aromatic carbocycles. The van der Waals surface area contributed by atoms with Gasteiger partial charge >= 0.3 is 0 Å². The van der Waals surface area contributed by atoms with Gasteiger partial charge in [0.05, 0.1) is 18.0 Å².